The quantitative estimate of drug-likeness (QED) is 0.773. The number of aryl methyl sites for hydroxylation is 1. The first-order valence-corrected chi connectivity index (χ1v) is 9.59. The number of hydrogen-bond donors (Lipinski definition) is 1. The van der Waals surface area contributed by atoms with Crippen molar-refractivity contribution in [3.8, 4) is 11.4 Å². The maximum Gasteiger partial charge on any atom is 0.277 e. The van der Waals surface area contributed by atoms with E-state index in [1.54, 1.807) is 0 Å². The Hall–Kier alpha value is -2.43. The highest BCUT2D eigenvalue weighted by molar-refractivity contribution is 5.58. The molecule has 2 heterocycles. The summed E-state index contributed by atoms with van der Waals surface area (Å²) in [7, 11) is 0. The van der Waals surface area contributed by atoms with Gasteiger partial charge in [-0.3, -0.25) is 4.79 Å². The van der Waals surface area contributed by atoms with E-state index < -0.39 is 0 Å². The summed E-state index contributed by atoms with van der Waals surface area (Å²) < 4.78 is 1.83. The Kier molecular flexibility index (Phi) is 4.17. The first-order chi connectivity index (χ1) is 12.5. The Morgan fingerprint density at radius 2 is 1.92 bits per heavy atom. The SMILES string of the molecule is CCc1nc(C2(C)CCC(C)CC2)n2nc(-c3ccccc3)[nH]c(=O)c12. The Labute approximate surface area is 153 Å². The highest BCUT2D eigenvalue weighted by Crippen LogP contribution is 2.40. The molecule has 5 nitrogen and oxygen atoms in total. The summed E-state index contributed by atoms with van der Waals surface area (Å²) in [5.74, 6) is 2.30. The summed E-state index contributed by atoms with van der Waals surface area (Å²) in [6.07, 6.45) is 5.30. The minimum absolute atomic E-state index is 0.0302. The number of fused-ring (bicyclic) bond motifs is 1. The van der Waals surface area contributed by atoms with Crippen LogP contribution in [0.25, 0.3) is 16.9 Å². The second-order valence-corrected chi connectivity index (χ2v) is 7.91. The second-order valence-electron chi connectivity index (χ2n) is 7.91. The van der Waals surface area contributed by atoms with Gasteiger partial charge in [0.1, 0.15) is 5.82 Å². The number of nitrogens with one attached hydrogen (secondary N) is 1. The summed E-state index contributed by atoms with van der Waals surface area (Å²) in [5, 5.41) is 4.81. The average molecular weight is 350 g/mol. The molecule has 0 spiro atoms. The monoisotopic (exact) mass is 350 g/mol. The summed E-state index contributed by atoms with van der Waals surface area (Å²) in [6.45, 7) is 6.64. The second kappa shape index (κ2) is 6.38. The van der Waals surface area contributed by atoms with Gasteiger partial charge in [-0.25, -0.2) is 9.50 Å². The molecule has 0 radical (unpaired) electrons. The first-order valence-electron chi connectivity index (χ1n) is 9.59. The normalized spacial score (nSPS) is 23.4. The van der Waals surface area contributed by atoms with Crippen molar-refractivity contribution in [1.29, 1.82) is 0 Å². The fourth-order valence-corrected chi connectivity index (χ4v) is 4.06. The van der Waals surface area contributed by atoms with Crippen LogP contribution < -0.4 is 5.56 Å². The number of nitrogens with zero attached hydrogens (tertiary/aromatic N) is 3. The molecular formula is C21H26N4O. The molecule has 0 bridgehead atoms. The van der Waals surface area contributed by atoms with E-state index in [9.17, 15) is 4.79 Å². The van der Waals surface area contributed by atoms with Crippen molar-refractivity contribution < 1.29 is 0 Å². The van der Waals surface area contributed by atoms with Crippen molar-refractivity contribution in [3.05, 3.63) is 52.2 Å². The van der Waals surface area contributed by atoms with Crippen molar-refractivity contribution in [2.75, 3.05) is 0 Å². The van der Waals surface area contributed by atoms with Crippen molar-refractivity contribution in [2.45, 2.75) is 58.3 Å². The third-order valence-electron chi connectivity index (χ3n) is 5.87. The van der Waals surface area contributed by atoms with Gasteiger partial charge in [-0.05, 0) is 38.0 Å². The molecular weight excluding hydrogens is 324 g/mol. The van der Waals surface area contributed by atoms with Gasteiger partial charge in [-0.15, -0.1) is 5.10 Å². The topological polar surface area (TPSA) is 63.1 Å². The fraction of sp³-hybridized carbons (Fsp3) is 0.476. The summed E-state index contributed by atoms with van der Waals surface area (Å²) in [4.78, 5) is 20.7. The molecule has 2 aromatic heterocycles. The number of imidazole rings is 1. The van der Waals surface area contributed by atoms with E-state index in [1.165, 1.54) is 12.8 Å². The van der Waals surface area contributed by atoms with E-state index in [-0.39, 0.29) is 11.0 Å². The lowest BCUT2D eigenvalue weighted by Crippen LogP contribution is -2.31. The van der Waals surface area contributed by atoms with Crippen molar-refractivity contribution in [1.82, 2.24) is 19.6 Å². The predicted molar refractivity (Wildman–Crippen MR) is 103 cm³/mol. The molecule has 136 valence electrons. The van der Waals surface area contributed by atoms with Crippen LogP contribution in [0.3, 0.4) is 0 Å². The Morgan fingerprint density at radius 3 is 2.58 bits per heavy atom. The summed E-state index contributed by atoms with van der Waals surface area (Å²) in [6, 6.07) is 9.80. The molecule has 0 saturated heterocycles. The van der Waals surface area contributed by atoms with Crippen LogP contribution in [0.15, 0.2) is 35.1 Å². The Balaban J connectivity index is 1.93. The molecule has 3 aromatic rings. The van der Waals surface area contributed by atoms with Crippen LogP contribution in [0.4, 0.5) is 0 Å². The van der Waals surface area contributed by atoms with Gasteiger partial charge in [0.05, 0.1) is 5.69 Å². The highest BCUT2D eigenvalue weighted by atomic mass is 16.1. The molecule has 0 amide bonds. The van der Waals surface area contributed by atoms with Gasteiger partial charge < -0.3 is 4.98 Å². The van der Waals surface area contributed by atoms with Gasteiger partial charge in [0.2, 0.25) is 0 Å². The third-order valence-corrected chi connectivity index (χ3v) is 5.87. The van der Waals surface area contributed by atoms with Crippen LogP contribution in [0.1, 0.15) is 58.0 Å². The van der Waals surface area contributed by atoms with Crippen molar-refractivity contribution >= 4 is 5.52 Å². The molecule has 5 heteroatoms. The van der Waals surface area contributed by atoms with E-state index in [2.05, 4.69) is 18.8 Å². The lowest BCUT2D eigenvalue weighted by atomic mass is 9.72. The standard InChI is InChI=1S/C21H26N4O/c1-4-16-17-19(26)23-18(15-8-6-5-7-9-15)24-25(17)20(22-16)21(3)12-10-14(2)11-13-21/h5-9,14H,4,10-13H2,1-3H3,(H,23,24,26). The molecule has 1 aromatic carbocycles. The van der Waals surface area contributed by atoms with Crippen LogP contribution in [0.2, 0.25) is 0 Å². The third kappa shape index (κ3) is 2.75. The number of H-pyrrole nitrogens is 1. The lowest BCUT2D eigenvalue weighted by molar-refractivity contribution is 0.247. The van der Waals surface area contributed by atoms with E-state index in [4.69, 9.17) is 10.1 Å². The van der Waals surface area contributed by atoms with Gasteiger partial charge in [-0.2, -0.15) is 0 Å². The molecule has 1 aliphatic rings. The van der Waals surface area contributed by atoms with E-state index in [0.29, 0.717) is 11.3 Å². The fourth-order valence-electron chi connectivity index (χ4n) is 4.06. The van der Waals surface area contributed by atoms with Crippen molar-refractivity contribution in [2.24, 2.45) is 5.92 Å². The summed E-state index contributed by atoms with van der Waals surface area (Å²) in [5.41, 5.74) is 2.21. The number of aromatic amines is 1. The van der Waals surface area contributed by atoms with E-state index in [0.717, 1.165) is 42.3 Å². The molecule has 1 N–H and O–H groups in total. The number of benzene rings is 1. The van der Waals surface area contributed by atoms with Crippen LogP contribution in [-0.2, 0) is 11.8 Å². The molecule has 1 aliphatic carbocycles. The molecule has 1 saturated carbocycles. The zero-order valence-electron chi connectivity index (χ0n) is 15.7. The van der Waals surface area contributed by atoms with Gasteiger partial charge in [0.15, 0.2) is 11.3 Å². The zero-order chi connectivity index (χ0) is 18.3. The molecule has 0 atom stereocenters. The number of hydrogen-bond acceptors (Lipinski definition) is 3. The van der Waals surface area contributed by atoms with Gasteiger partial charge in [0.25, 0.3) is 5.56 Å². The smallest absolute Gasteiger partial charge is 0.277 e. The molecule has 0 unspecified atom stereocenters. The minimum Gasteiger partial charge on any atom is -0.303 e. The highest BCUT2D eigenvalue weighted by Gasteiger charge is 2.36. The number of aromatic nitrogens is 4. The van der Waals surface area contributed by atoms with Crippen LogP contribution in [-0.4, -0.2) is 19.6 Å². The first kappa shape index (κ1) is 17.0. The van der Waals surface area contributed by atoms with Crippen LogP contribution in [0, 0.1) is 5.92 Å². The lowest BCUT2D eigenvalue weighted by Gasteiger charge is -2.34. The summed E-state index contributed by atoms with van der Waals surface area (Å²) >= 11 is 0. The van der Waals surface area contributed by atoms with Gasteiger partial charge in [0, 0.05) is 11.0 Å². The largest absolute Gasteiger partial charge is 0.303 e. The Bertz CT molecular complexity index is 978. The van der Waals surface area contributed by atoms with E-state index in [1.807, 2.05) is 41.8 Å². The van der Waals surface area contributed by atoms with Gasteiger partial charge >= 0.3 is 0 Å². The molecule has 4 rings (SSSR count). The zero-order valence-corrected chi connectivity index (χ0v) is 15.7. The average Bonchev–Trinajstić information content (AvgIpc) is 3.05. The van der Waals surface area contributed by atoms with Gasteiger partial charge in [-0.1, -0.05) is 51.1 Å². The maximum atomic E-state index is 12.8. The van der Waals surface area contributed by atoms with E-state index >= 15 is 0 Å². The number of rotatable bonds is 3. The molecule has 0 aliphatic heterocycles. The minimum atomic E-state index is -0.109. The Morgan fingerprint density at radius 1 is 1.23 bits per heavy atom. The van der Waals surface area contributed by atoms with Crippen LogP contribution >= 0.6 is 0 Å². The van der Waals surface area contributed by atoms with Crippen LogP contribution in [0.5, 0.6) is 0 Å². The van der Waals surface area contributed by atoms with Crippen molar-refractivity contribution in [3.63, 3.8) is 0 Å². The maximum absolute atomic E-state index is 12.8. The predicted octanol–water partition coefficient (Wildman–Crippen LogP) is 4.11. The molecule has 1 fully saturated rings. The molecule has 26 heavy (non-hydrogen) atoms.